The van der Waals surface area contributed by atoms with Gasteiger partial charge in [0.25, 0.3) is 0 Å². The van der Waals surface area contributed by atoms with E-state index in [9.17, 15) is 18.3 Å². The van der Waals surface area contributed by atoms with Crippen LogP contribution in [-0.2, 0) is 26.0 Å². The first-order valence-corrected chi connectivity index (χ1v) is 12.7. The molecular formula is C24H32N4O5S. The second-order valence-corrected chi connectivity index (χ2v) is 10.5. The van der Waals surface area contributed by atoms with Crippen molar-refractivity contribution in [3.8, 4) is 5.75 Å². The second-order valence-electron chi connectivity index (χ2n) is 8.57. The quantitative estimate of drug-likeness (QED) is 0.364. The number of hydrogen-bond acceptors (Lipinski definition) is 6. The smallest absolute Gasteiger partial charge is 0.247 e. The molecule has 1 aliphatic rings. The number of sulfonamides is 1. The van der Waals surface area contributed by atoms with E-state index in [0.717, 1.165) is 15.9 Å². The molecular weight excluding hydrogens is 456 g/mol. The van der Waals surface area contributed by atoms with E-state index in [0.29, 0.717) is 38.6 Å². The maximum atomic E-state index is 13.6. The molecule has 1 aliphatic heterocycles. The number of nitrogen functional groups attached to an aromatic ring is 1. The summed E-state index contributed by atoms with van der Waals surface area (Å²) in [6, 6.07) is 11.7. The molecule has 10 heteroatoms. The highest BCUT2D eigenvalue weighted by Gasteiger charge is 2.31. The van der Waals surface area contributed by atoms with E-state index in [4.69, 9.17) is 15.9 Å². The Kier molecular flexibility index (Phi) is 8.29. The van der Waals surface area contributed by atoms with Crippen LogP contribution in [0.15, 0.2) is 47.4 Å². The first kappa shape index (κ1) is 25.7. The lowest BCUT2D eigenvalue weighted by Crippen LogP contribution is -2.47. The fraction of sp³-hybridized carbons (Fsp3) is 0.417. The van der Waals surface area contributed by atoms with Gasteiger partial charge in [-0.05, 0) is 41.7 Å². The van der Waals surface area contributed by atoms with Gasteiger partial charge in [0.1, 0.15) is 16.5 Å². The van der Waals surface area contributed by atoms with E-state index in [1.807, 2.05) is 24.3 Å². The molecule has 184 valence electrons. The number of phenols is 1. The number of hydrogen-bond donors (Lipinski definition) is 3. The zero-order valence-corrected chi connectivity index (χ0v) is 20.3. The zero-order chi connectivity index (χ0) is 24.9. The average molecular weight is 489 g/mol. The van der Waals surface area contributed by atoms with Crippen molar-refractivity contribution in [2.24, 2.45) is 5.73 Å². The number of benzene rings is 2. The minimum atomic E-state index is -4.26. The van der Waals surface area contributed by atoms with Gasteiger partial charge in [-0.2, -0.15) is 4.31 Å². The summed E-state index contributed by atoms with van der Waals surface area (Å²) in [5.74, 6) is -0.731. The van der Waals surface area contributed by atoms with Gasteiger partial charge in [0.2, 0.25) is 15.9 Å². The molecule has 0 saturated carbocycles. The summed E-state index contributed by atoms with van der Waals surface area (Å²) in [5.41, 5.74) is 7.80. The second kappa shape index (κ2) is 11.0. The third-order valence-electron chi connectivity index (χ3n) is 5.86. The first-order valence-electron chi connectivity index (χ1n) is 11.2. The summed E-state index contributed by atoms with van der Waals surface area (Å²) in [4.78, 5) is 14.1. The minimum absolute atomic E-state index is 0.0448. The molecule has 2 aromatic rings. The predicted octanol–water partition coefficient (Wildman–Crippen LogP) is 1.89. The van der Waals surface area contributed by atoms with Crippen molar-refractivity contribution in [3.05, 3.63) is 59.2 Å². The predicted molar refractivity (Wildman–Crippen MR) is 130 cm³/mol. The third kappa shape index (κ3) is 6.13. The molecule has 1 amide bonds. The van der Waals surface area contributed by atoms with Crippen LogP contribution in [0.3, 0.4) is 0 Å². The Balaban J connectivity index is 1.89. The minimum Gasteiger partial charge on any atom is -0.507 e. The molecule has 1 saturated heterocycles. The summed E-state index contributed by atoms with van der Waals surface area (Å²) >= 11 is 0. The van der Waals surface area contributed by atoms with Crippen molar-refractivity contribution in [1.29, 1.82) is 5.41 Å². The monoisotopic (exact) mass is 488 g/mol. The lowest BCUT2D eigenvalue weighted by Gasteiger charge is -2.30. The van der Waals surface area contributed by atoms with Crippen LogP contribution in [0.25, 0.3) is 0 Å². The van der Waals surface area contributed by atoms with Crippen molar-refractivity contribution in [2.45, 2.75) is 31.1 Å². The highest BCUT2D eigenvalue weighted by molar-refractivity contribution is 7.89. The zero-order valence-electron chi connectivity index (χ0n) is 19.5. The van der Waals surface area contributed by atoms with Gasteiger partial charge in [-0.15, -0.1) is 0 Å². The lowest BCUT2D eigenvalue weighted by molar-refractivity contribution is -0.135. The number of nitrogens with one attached hydrogen (secondary N) is 1. The number of nitrogens with zero attached hydrogens (tertiary/aromatic N) is 2. The molecule has 0 aromatic heterocycles. The van der Waals surface area contributed by atoms with Crippen molar-refractivity contribution < 1.29 is 23.1 Å². The maximum absolute atomic E-state index is 13.6. The van der Waals surface area contributed by atoms with Crippen molar-refractivity contribution in [1.82, 2.24) is 9.21 Å². The van der Waals surface area contributed by atoms with Crippen molar-refractivity contribution in [2.75, 3.05) is 39.4 Å². The molecule has 1 heterocycles. The van der Waals surface area contributed by atoms with E-state index in [-0.39, 0.29) is 35.3 Å². The number of ether oxygens (including phenoxy) is 1. The van der Waals surface area contributed by atoms with Crippen LogP contribution in [0.4, 0.5) is 0 Å². The van der Waals surface area contributed by atoms with Crippen LogP contribution in [0.2, 0.25) is 0 Å². The molecule has 0 aliphatic carbocycles. The summed E-state index contributed by atoms with van der Waals surface area (Å²) in [6.45, 7) is 5.48. The van der Waals surface area contributed by atoms with Crippen LogP contribution >= 0.6 is 0 Å². The SMILES string of the molecule is CC(C)c1ccc(CCN(CC(=O)N2CCOCC2)S(=O)(=O)c2cc(C(=N)N)ccc2O)cc1. The van der Waals surface area contributed by atoms with Gasteiger partial charge in [-0.3, -0.25) is 10.2 Å². The van der Waals surface area contributed by atoms with Crippen LogP contribution in [-0.4, -0.2) is 73.9 Å². The highest BCUT2D eigenvalue weighted by Crippen LogP contribution is 2.27. The van der Waals surface area contributed by atoms with Crippen LogP contribution < -0.4 is 5.73 Å². The standard InChI is InChI=1S/C24H32N4O5S/c1-17(2)19-5-3-18(4-6-19)9-10-28(16-23(30)27-11-13-33-14-12-27)34(31,32)22-15-20(24(25)26)7-8-21(22)29/h3-8,15,17,29H,9-14,16H2,1-2H3,(H3,25,26). The molecule has 0 bridgehead atoms. The van der Waals surface area contributed by atoms with Gasteiger partial charge in [0, 0.05) is 25.2 Å². The Hall–Kier alpha value is -2.95. The summed E-state index contributed by atoms with van der Waals surface area (Å²) in [6.07, 6.45) is 0.390. The molecule has 0 atom stereocenters. The molecule has 1 fully saturated rings. The Bertz CT molecular complexity index is 1130. The number of rotatable bonds is 9. The van der Waals surface area contributed by atoms with Crippen molar-refractivity contribution in [3.63, 3.8) is 0 Å². The molecule has 2 aromatic carbocycles. The van der Waals surface area contributed by atoms with E-state index in [1.54, 1.807) is 4.90 Å². The van der Waals surface area contributed by atoms with Crippen molar-refractivity contribution >= 4 is 21.8 Å². The Labute approximate surface area is 200 Å². The fourth-order valence-corrected chi connectivity index (χ4v) is 5.20. The molecule has 9 nitrogen and oxygen atoms in total. The molecule has 0 unspecified atom stereocenters. The van der Waals surface area contributed by atoms with Gasteiger partial charge in [-0.1, -0.05) is 38.1 Å². The number of morpholine rings is 1. The first-order chi connectivity index (χ1) is 16.1. The summed E-state index contributed by atoms with van der Waals surface area (Å²) < 4.78 is 33.5. The summed E-state index contributed by atoms with van der Waals surface area (Å²) in [7, 11) is -4.26. The summed E-state index contributed by atoms with van der Waals surface area (Å²) in [5, 5.41) is 17.9. The number of amides is 1. The molecule has 0 radical (unpaired) electrons. The van der Waals surface area contributed by atoms with Crippen LogP contribution in [0.5, 0.6) is 5.75 Å². The maximum Gasteiger partial charge on any atom is 0.247 e. The van der Waals surface area contributed by atoms with E-state index in [1.165, 1.54) is 17.7 Å². The number of aromatic hydroxyl groups is 1. The van der Waals surface area contributed by atoms with Gasteiger partial charge in [0.15, 0.2) is 0 Å². The van der Waals surface area contributed by atoms with E-state index in [2.05, 4.69) is 13.8 Å². The Morgan fingerprint density at radius 1 is 1.18 bits per heavy atom. The average Bonchev–Trinajstić information content (AvgIpc) is 2.82. The molecule has 0 spiro atoms. The Morgan fingerprint density at radius 2 is 1.82 bits per heavy atom. The largest absolute Gasteiger partial charge is 0.507 e. The molecule has 34 heavy (non-hydrogen) atoms. The van der Waals surface area contributed by atoms with Gasteiger partial charge in [-0.25, -0.2) is 8.42 Å². The number of amidine groups is 1. The van der Waals surface area contributed by atoms with Gasteiger partial charge < -0.3 is 20.5 Å². The van der Waals surface area contributed by atoms with Gasteiger partial charge in [0.05, 0.1) is 19.8 Å². The van der Waals surface area contributed by atoms with Crippen LogP contribution in [0.1, 0.15) is 36.5 Å². The normalized spacial score (nSPS) is 14.5. The molecule has 4 N–H and O–H groups in total. The number of carbonyl (C=O) groups excluding carboxylic acids is 1. The number of carbonyl (C=O) groups is 1. The highest BCUT2D eigenvalue weighted by atomic mass is 32.2. The van der Waals surface area contributed by atoms with Crippen LogP contribution in [0, 0.1) is 5.41 Å². The number of nitrogens with two attached hydrogens (primary N) is 1. The third-order valence-corrected chi connectivity index (χ3v) is 7.73. The molecule has 3 rings (SSSR count). The van der Waals surface area contributed by atoms with Gasteiger partial charge >= 0.3 is 0 Å². The van der Waals surface area contributed by atoms with E-state index < -0.39 is 15.8 Å². The number of phenolic OH excluding ortho intramolecular Hbond substituents is 1. The van der Waals surface area contributed by atoms with E-state index >= 15 is 0 Å². The Morgan fingerprint density at radius 3 is 2.41 bits per heavy atom. The topological polar surface area (TPSA) is 137 Å². The fourth-order valence-electron chi connectivity index (χ4n) is 3.70. The lowest BCUT2D eigenvalue weighted by atomic mass is 10.0.